The first-order valence-electron chi connectivity index (χ1n) is 12.1. The smallest absolute Gasteiger partial charge is 0.313 e. The largest absolute Gasteiger partial charge is 0.461 e. The highest BCUT2D eigenvalue weighted by Crippen LogP contribution is 2.58. The van der Waals surface area contributed by atoms with Gasteiger partial charge in [-0.15, -0.1) is 0 Å². The third-order valence-corrected chi connectivity index (χ3v) is 7.64. The summed E-state index contributed by atoms with van der Waals surface area (Å²) < 4.78 is 12.2. The van der Waals surface area contributed by atoms with E-state index in [1.807, 2.05) is 52.8 Å². The van der Waals surface area contributed by atoms with E-state index < -0.39 is 41.1 Å². The molecule has 4 heterocycles. The van der Waals surface area contributed by atoms with E-state index >= 15 is 0 Å². The second-order valence-corrected chi connectivity index (χ2v) is 10.4. The molecule has 2 fully saturated rings. The minimum Gasteiger partial charge on any atom is -0.461 e. The number of aliphatic hydroxyl groups excluding tert-OH is 1. The Morgan fingerprint density at radius 3 is 2.42 bits per heavy atom. The van der Waals surface area contributed by atoms with Gasteiger partial charge >= 0.3 is 5.97 Å². The van der Waals surface area contributed by atoms with Crippen LogP contribution in [-0.2, 0) is 23.9 Å². The van der Waals surface area contributed by atoms with Gasteiger partial charge in [0.15, 0.2) is 0 Å². The fourth-order valence-electron chi connectivity index (χ4n) is 6.23. The number of carbonyl (C=O) groups is 3. The van der Waals surface area contributed by atoms with Crippen molar-refractivity contribution >= 4 is 17.8 Å². The lowest BCUT2D eigenvalue weighted by molar-refractivity contribution is -0.162. The van der Waals surface area contributed by atoms with Gasteiger partial charge in [-0.2, -0.15) is 0 Å². The van der Waals surface area contributed by atoms with E-state index in [2.05, 4.69) is 0 Å². The van der Waals surface area contributed by atoms with Crippen LogP contribution in [0.5, 0.6) is 0 Å². The Labute approximate surface area is 195 Å². The molecule has 2 amide bonds. The number of esters is 1. The van der Waals surface area contributed by atoms with Crippen LogP contribution in [0.2, 0.25) is 0 Å². The molecule has 0 aromatic rings. The van der Waals surface area contributed by atoms with Crippen LogP contribution in [0.25, 0.3) is 0 Å². The number of hydrogen-bond donors (Lipinski definition) is 1. The van der Waals surface area contributed by atoms with Crippen LogP contribution < -0.4 is 0 Å². The third-order valence-electron chi connectivity index (χ3n) is 7.64. The van der Waals surface area contributed by atoms with Crippen LogP contribution >= 0.6 is 0 Å². The van der Waals surface area contributed by atoms with Gasteiger partial charge in [-0.3, -0.25) is 14.4 Å². The van der Waals surface area contributed by atoms with E-state index in [1.54, 1.807) is 11.0 Å². The highest BCUT2D eigenvalue weighted by atomic mass is 16.6. The summed E-state index contributed by atoms with van der Waals surface area (Å²) >= 11 is 0. The SMILES string of the molecule is CC[C@@]12C=CCOC(=O)[C@@H]1[C@H]1C(=O)N([C@@H](CO)CC(C)C)C3C(=O)N(C(C)C)CC=C[C@@]31O2. The number of nitrogens with zero attached hydrogens (tertiary/aromatic N) is 2. The number of aliphatic hydroxyl groups is 1. The van der Waals surface area contributed by atoms with Crippen molar-refractivity contribution in [1.29, 1.82) is 0 Å². The number of rotatable bonds is 6. The molecule has 4 rings (SSSR count). The molecule has 0 aromatic carbocycles. The van der Waals surface area contributed by atoms with Crippen molar-refractivity contribution in [2.45, 2.75) is 76.8 Å². The third kappa shape index (κ3) is 3.44. The van der Waals surface area contributed by atoms with Crippen molar-refractivity contribution in [1.82, 2.24) is 9.80 Å². The molecule has 8 nitrogen and oxygen atoms in total. The monoisotopic (exact) mass is 460 g/mol. The number of fused-ring (bicyclic) bond motifs is 2. The van der Waals surface area contributed by atoms with E-state index in [0.29, 0.717) is 19.4 Å². The van der Waals surface area contributed by atoms with E-state index in [9.17, 15) is 19.5 Å². The molecule has 1 spiro atoms. The van der Waals surface area contributed by atoms with Crippen LogP contribution in [0, 0.1) is 17.8 Å². The second-order valence-electron chi connectivity index (χ2n) is 10.4. The molecule has 0 aromatic heterocycles. The lowest BCUT2D eigenvalue weighted by Crippen LogP contribution is -2.59. The Morgan fingerprint density at radius 2 is 1.82 bits per heavy atom. The fourth-order valence-corrected chi connectivity index (χ4v) is 6.23. The van der Waals surface area contributed by atoms with Gasteiger partial charge in [0.1, 0.15) is 29.8 Å². The highest BCUT2D eigenvalue weighted by molar-refractivity contribution is 5.99. The molecule has 0 aliphatic carbocycles. The van der Waals surface area contributed by atoms with Gasteiger partial charge in [-0.25, -0.2) is 0 Å². The maximum Gasteiger partial charge on any atom is 0.313 e. The Kier molecular flexibility index (Phi) is 6.20. The molecule has 6 atom stereocenters. The van der Waals surface area contributed by atoms with Gasteiger partial charge in [-0.05, 0) is 38.7 Å². The minimum atomic E-state index is -1.30. The number of carbonyl (C=O) groups excluding carboxylic acids is 3. The first kappa shape index (κ1) is 24.0. The molecule has 1 unspecified atom stereocenters. The van der Waals surface area contributed by atoms with Crippen molar-refractivity contribution in [2.75, 3.05) is 19.8 Å². The fraction of sp³-hybridized carbons (Fsp3) is 0.720. The highest BCUT2D eigenvalue weighted by Gasteiger charge is 2.76. The summed E-state index contributed by atoms with van der Waals surface area (Å²) in [6.07, 6.45) is 8.31. The van der Waals surface area contributed by atoms with Crippen LogP contribution in [0.4, 0.5) is 0 Å². The summed E-state index contributed by atoms with van der Waals surface area (Å²) in [4.78, 5) is 44.6. The molecule has 0 saturated carbocycles. The number of cyclic esters (lactones) is 1. The Bertz CT molecular complexity index is 882. The average molecular weight is 461 g/mol. The standard InChI is InChI=1S/C25H36N2O6/c1-6-24-9-8-12-32-23(31)19(24)18-21(29)27(17(14-28)13-15(2)3)20-22(30)26(16(4)5)11-7-10-25(18,20)33-24/h7-10,15-20,28H,6,11-14H2,1-5H3/t17-,18+,19+,20?,24-,25+/m1/s1. The zero-order chi connectivity index (χ0) is 24.1. The molecule has 4 aliphatic heterocycles. The van der Waals surface area contributed by atoms with Gasteiger partial charge in [-0.1, -0.05) is 39.0 Å². The van der Waals surface area contributed by atoms with Crippen LogP contribution in [0.15, 0.2) is 24.3 Å². The lowest BCUT2D eigenvalue weighted by Gasteiger charge is -2.41. The van der Waals surface area contributed by atoms with Gasteiger partial charge in [0.2, 0.25) is 11.8 Å². The first-order valence-corrected chi connectivity index (χ1v) is 12.1. The van der Waals surface area contributed by atoms with Crippen molar-refractivity contribution in [2.24, 2.45) is 17.8 Å². The van der Waals surface area contributed by atoms with Crippen LogP contribution in [-0.4, -0.2) is 81.8 Å². The predicted octanol–water partition coefficient (Wildman–Crippen LogP) is 1.67. The molecular formula is C25H36N2O6. The number of likely N-dealkylation sites (tertiary alicyclic amines) is 1. The van der Waals surface area contributed by atoms with Gasteiger partial charge in [0.05, 0.1) is 18.6 Å². The second kappa shape index (κ2) is 8.55. The molecule has 1 N–H and O–H groups in total. The predicted molar refractivity (Wildman–Crippen MR) is 121 cm³/mol. The summed E-state index contributed by atoms with van der Waals surface area (Å²) in [5.74, 6) is -2.57. The summed E-state index contributed by atoms with van der Waals surface area (Å²) in [6, 6.07) is -1.59. The Hall–Kier alpha value is -2.19. The molecule has 4 aliphatic rings. The van der Waals surface area contributed by atoms with Crippen molar-refractivity contribution in [3.05, 3.63) is 24.3 Å². The molecule has 0 bridgehead atoms. The molecule has 0 radical (unpaired) electrons. The summed E-state index contributed by atoms with van der Waals surface area (Å²) in [5.41, 5.74) is -2.33. The Morgan fingerprint density at radius 1 is 1.09 bits per heavy atom. The number of ether oxygens (including phenoxy) is 2. The number of hydrogen-bond acceptors (Lipinski definition) is 6. The van der Waals surface area contributed by atoms with Gasteiger partial charge in [0, 0.05) is 12.6 Å². The maximum atomic E-state index is 14.1. The first-order chi connectivity index (χ1) is 15.6. The zero-order valence-electron chi connectivity index (χ0n) is 20.2. The quantitative estimate of drug-likeness (QED) is 0.479. The van der Waals surface area contributed by atoms with E-state index in [0.717, 1.165) is 0 Å². The molecule has 8 heteroatoms. The van der Waals surface area contributed by atoms with E-state index in [4.69, 9.17) is 9.47 Å². The van der Waals surface area contributed by atoms with Crippen molar-refractivity contribution in [3.63, 3.8) is 0 Å². The molecular weight excluding hydrogens is 424 g/mol. The average Bonchev–Trinajstić information content (AvgIpc) is 3.04. The van der Waals surface area contributed by atoms with E-state index in [1.165, 1.54) is 4.90 Å². The minimum absolute atomic E-state index is 0.0807. The lowest BCUT2D eigenvalue weighted by atomic mass is 9.73. The van der Waals surface area contributed by atoms with Crippen LogP contribution in [0.3, 0.4) is 0 Å². The zero-order valence-corrected chi connectivity index (χ0v) is 20.2. The Balaban J connectivity index is 1.92. The van der Waals surface area contributed by atoms with E-state index in [-0.39, 0.29) is 37.0 Å². The summed E-state index contributed by atoms with van der Waals surface area (Å²) in [7, 11) is 0. The topological polar surface area (TPSA) is 96.4 Å². The summed E-state index contributed by atoms with van der Waals surface area (Å²) in [6.45, 7) is 10.1. The normalized spacial score (nSPS) is 36.6. The van der Waals surface area contributed by atoms with Crippen molar-refractivity contribution in [3.8, 4) is 0 Å². The number of amides is 2. The van der Waals surface area contributed by atoms with Crippen LogP contribution in [0.1, 0.15) is 47.5 Å². The van der Waals surface area contributed by atoms with Crippen molar-refractivity contribution < 1.29 is 29.0 Å². The molecule has 182 valence electrons. The summed E-state index contributed by atoms with van der Waals surface area (Å²) in [5, 5.41) is 10.3. The van der Waals surface area contributed by atoms with Gasteiger partial charge in [0.25, 0.3) is 0 Å². The molecule has 2 saturated heterocycles. The maximum absolute atomic E-state index is 14.1. The molecule has 33 heavy (non-hydrogen) atoms. The van der Waals surface area contributed by atoms with Gasteiger partial charge < -0.3 is 24.4 Å².